The first-order valence-electron chi connectivity index (χ1n) is 25.4. The van der Waals surface area contributed by atoms with Crippen molar-refractivity contribution < 1.29 is 63.9 Å². The number of carbonyl (C=O) groups is 8. The zero-order valence-corrected chi connectivity index (χ0v) is 43.4. The standard InChI is InChI=1S/C22H32O4.C20H22N8O5.C13H10N2O4/c1-3-4-7-15(2)20(23)11-10-18-19-13-16(8-5-6-9-22(25)26)12-17(19)14-21(18)24;1-28(9-11-8-23-17-15(24-11)16(21)26-20(22)27-17)12-4-2-10(3-5-12)18(31)25-13(19(32)33)6-7-14(29)30;16-10-6-5-9(11(17)14-10)15-12(18)7-3-1-2-4-8(7)13(15)19/h8,10-11,15,17-21,23-24H,5-7,9,12-14H2,1-2H3,(H,25,26);2-5,8,13H,6-7,9H2,1H3,(H,25,31)(H,29,30)(H,32,33)(H4,21,22,23,26,27);1-4,9H,5-6H2,(H,14,16,17)/b11-10+,16-8+;;/t15?,17-,18+,19-,20+,21+;13-;/m00./s1. The van der Waals surface area contributed by atoms with Crippen LogP contribution in [-0.2, 0) is 30.5 Å². The number of amides is 5. The van der Waals surface area contributed by atoms with Gasteiger partial charge in [-0.2, -0.15) is 9.97 Å². The second kappa shape index (κ2) is 26.9. The maximum atomic E-state index is 12.4. The van der Waals surface area contributed by atoms with E-state index in [0.29, 0.717) is 59.2 Å². The highest BCUT2D eigenvalue weighted by Gasteiger charge is 2.46. The van der Waals surface area contributed by atoms with Gasteiger partial charge in [-0.1, -0.05) is 42.9 Å². The number of allylic oxidation sites excluding steroid dienone is 2. The first-order valence-corrected chi connectivity index (χ1v) is 25.4. The molecule has 11 N–H and O–H groups in total. The Balaban J connectivity index is 0.000000196. The van der Waals surface area contributed by atoms with Crippen molar-refractivity contribution in [2.45, 2.75) is 115 Å². The first-order chi connectivity index (χ1) is 37.1. The number of unbranched alkanes of at least 4 members (excludes halogenated alkanes) is 1. The molecule has 0 radical (unpaired) electrons. The summed E-state index contributed by atoms with van der Waals surface area (Å²) in [5.74, 6) is 1.42. The third kappa shape index (κ3) is 15.3. The normalized spacial score (nSPS) is 21.0. The van der Waals surface area contributed by atoms with Gasteiger partial charge in [0.2, 0.25) is 17.8 Å². The second-order valence-corrected chi connectivity index (χ2v) is 19.5. The zero-order valence-electron chi connectivity index (χ0n) is 43.4. The van der Waals surface area contributed by atoms with Crippen LogP contribution in [-0.4, -0.2) is 129 Å². The quantitative estimate of drug-likeness (QED) is 0.0295. The minimum Gasteiger partial charge on any atom is -0.481 e. The minimum absolute atomic E-state index is 0.0138. The number of hydrogen-bond donors (Lipinski definition) is 9. The van der Waals surface area contributed by atoms with Crippen molar-refractivity contribution >= 4 is 76.1 Å². The molecular weight excluding hydrogens is 1010 g/mol. The molecule has 2 aliphatic heterocycles. The van der Waals surface area contributed by atoms with Gasteiger partial charge in [-0.15, -0.1) is 11.8 Å². The van der Waals surface area contributed by atoms with Crippen molar-refractivity contribution in [1.82, 2.24) is 35.5 Å². The first kappa shape index (κ1) is 58.6. The number of aliphatic hydroxyl groups excluding tert-OH is 2. The van der Waals surface area contributed by atoms with Crippen molar-refractivity contribution in [2.24, 2.45) is 23.7 Å². The van der Waals surface area contributed by atoms with Gasteiger partial charge < -0.3 is 47.2 Å². The molecule has 1 saturated heterocycles. The molecule has 3 fully saturated rings. The molecule has 8 rings (SSSR count). The molecule has 5 amide bonds. The van der Waals surface area contributed by atoms with Crippen LogP contribution in [0.2, 0.25) is 0 Å². The van der Waals surface area contributed by atoms with Crippen LogP contribution in [0.4, 0.5) is 17.5 Å². The number of nitrogen functional groups attached to an aromatic ring is 2. The number of benzene rings is 2. The lowest BCUT2D eigenvalue weighted by Crippen LogP contribution is -2.54. The van der Waals surface area contributed by atoms with Gasteiger partial charge in [-0.3, -0.25) is 43.8 Å². The minimum atomic E-state index is -1.30. The number of piperidine rings is 1. The summed E-state index contributed by atoms with van der Waals surface area (Å²) in [6, 6.07) is 10.7. The van der Waals surface area contributed by atoms with Crippen LogP contribution in [0.25, 0.3) is 11.2 Å². The molecule has 23 heteroatoms. The highest BCUT2D eigenvalue weighted by molar-refractivity contribution is 6.23. The van der Waals surface area contributed by atoms with E-state index in [1.807, 2.05) is 31.0 Å². The lowest BCUT2D eigenvalue weighted by Gasteiger charge is -2.27. The van der Waals surface area contributed by atoms with Gasteiger partial charge in [0.1, 0.15) is 12.1 Å². The fourth-order valence-electron chi connectivity index (χ4n) is 9.76. The van der Waals surface area contributed by atoms with E-state index in [1.165, 1.54) is 17.7 Å². The van der Waals surface area contributed by atoms with Gasteiger partial charge in [0.15, 0.2) is 17.0 Å². The fraction of sp³-hybridized carbons (Fsp3) is 0.418. The Labute approximate surface area is 449 Å². The predicted octanol–water partition coefficient (Wildman–Crippen LogP) is 3.90. The monoisotopic (exact) mass is 1070 g/mol. The lowest BCUT2D eigenvalue weighted by atomic mass is 9.89. The van der Waals surface area contributed by atoms with Crippen molar-refractivity contribution in [3.8, 4) is 11.8 Å². The van der Waals surface area contributed by atoms with E-state index in [9.17, 15) is 53.7 Å². The van der Waals surface area contributed by atoms with Gasteiger partial charge in [0.25, 0.3) is 17.7 Å². The third-order valence-corrected chi connectivity index (χ3v) is 13.9. The smallest absolute Gasteiger partial charge is 0.326 e. The number of nitrogens with one attached hydrogen (secondary N) is 2. The summed E-state index contributed by atoms with van der Waals surface area (Å²) in [6.45, 7) is 4.16. The number of fused-ring (bicyclic) bond motifs is 3. The van der Waals surface area contributed by atoms with Crippen molar-refractivity contribution in [3.63, 3.8) is 0 Å². The fourth-order valence-corrected chi connectivity index (χ4v) is 9.76. The van der Waals surface area contributed by atoms with Crippen molar-refractivity contribution in [1.29, 1.82) is 0 Å². The Kier molecular flexibility index (Phi) is 20.2. The number of carboxylic acids is 3. The summed E-state index contributed by atoms with van der Waals surface area (Å²) in [4.78, 5) is 111. The van der Waals surface area contributed by atoms with E-state index >= 15 is 0 Å². The molecule has 2 saturated carbocycles. The van der Waals surface area contributed by atoms with Gasteiger partial charge in [-0.25, -0.2) is 14.8 Å². The van der Waals surface area contributed by atoms with Crippen LogP contribution >= 0.6 is 0 Å². The molecule has 2 aliphatic carbocycles. The Bertz CT molecular complexity index is 3010. The van der Waals surface area contributed by atoms with Crippen LogP contribution in [0.3, 0.4) is 0 Å². The number of aliphatic carboxylic acids is 3. The number of carboxylic acid groups (broad SMARTS) is 3. The highest BCUT2D eigenvalue weighted by atomic mass is 16.4. The molecule has 0 bridgehead atoms. The number of anilines is 3. The molecule has 4 heterocycles. The van der Waals surface area contributed by atoms with Gasteiger partial charge in [0, 0.05) is 49.9 Å². The molecule has 4 aliphatic rings. The maximum absolute atomic E-state index is 12.4. The molecule has 2 aromatic heterocycles. The average molecular weight is 1070 g/mol. The number of carbonyl (C=O) groups excluding carboxylic acids is 5. The van der Waals surface area contributed by atoms with Crippen LogP contribution in [0.15, 0.2) is 78.5 Å². The second-order valence-electron chi connectivity index (χ2n) is 19.5. The Morgan fingerprint density at radius 3 is 2.26 bits per heavy atom. The third-order valence-electron chi connectivity index (χ3n) is 13.9. The molecule has 2 unspecified atom stereocenters. The number of nitrogens with zero attached hydrogens (tertiary/aromatic N) is 6. The van der Waals surface area contributed by atoms with Gasteiger partial charge in [0.05, 0.1) is 41.8 Å². The van der Waals surface area contributed by atoms with E-state index in [2.05, 4.69) is 48.5 Å². The SMILES string of the molecule is CC#CCC(C)[C@H](O)/C=C/[C@@H]1[C@H]2C/C(=C/CCCC(=O)O)C[C@H]2C[C@H]1O.CN(Cc1cnc2nc(N)nc(N)c2n1)c1ccc(C(=O)N[C@@H](CCC(=O)O)C(=O)O)cc1.O=C1CCC(N2C(=O)c3ccccc3C2=O)C(=O)N1. The summed E-state index contributed by atoms with van der Waals surface area (Å²) in [5, 5.41) is 51.8. The molecule has 0 spiro atoms. The summed E-state index contributed by atoms with van der Waals surface area (Å²) in [7, 11) is 1.82. The van der Waals surface area contributed by atoms with Gasteiger partial charge >= 0.3 is 17.9 Å². The number of imide groups is 2. The Morgan fingerprint density at radius 1 is 0.949 bits per heavy atom. The number of aromatic nitrogens is 4. The van der Waals surface area contributed by atoms with Gasteiger partial charge in [-0.05, 0) is 106 Å². The molecule has 4 aromatic rings. The Hall–Kier alpha value is -8.62. The maximum Gasteiger partial charge on any atom is 0.326 e. The summed E-state index contributed by atoms with van der Waals surface area (Å²) >= 11 is 0. The van der Waals surface area contributed by atoms with E-state index in [1.54, 1.807) is 49.5 Å². The van der Waals surface area contributed by atoms with Crippen molar-refractivity contribution in [3.05, 3.63) is 101 Å². The molecule has 78 heavy (non-hydrogen) atoms. The molecule has 2 aromatic carbocycles. The lowest BCUT2D eigenvalue weighted by molar-refractivity contribution is -0.141. The van der Waals surface area contributed by atoms with Crippen LogP contribution < -0.4 is 27.0 Å². The van der Waals surface area contributed by atoms with E-state index in [-0.39, 0.29) is 73.3 Å². The molecule has 412 valence electrons. The molecule has 8 atom stereocenters. The number of rotatable bonds is 18. The van der Waals surface area contributed by atoms with E-state index < -0.39 is 59.7 Å². The number of nitrogens with two attached hydrogens (primary N) is 2. The summed E-state index contributed by atoms with van der Waals surface area (Å²) in [6.07, 6.45) is 11.7. The zero-order chi connectivity index (χ0) is 56.8. The molecular formula is C55H64N10O13. The number of hydrogen-bond acceptors (Lipinski definition) is 17. The predicted molar refractivity (Wildman–Crippen MR) is 284 cm³/mol. The van der Waals surface area contributed by atoms with E-state index in [0.717, 1.165) is 36.3 Å². The largest absolute Gasteiger partial charge is 0.481 e. The summed E-state index contributed by atoms with van der Waals surface area (Å²) < 4.78 is 0. The average Bonchev–Trinajstić information content (AvgIpc) is 4.01. The topological polar surface area (TPSA) is 372 Å². The summed E-state index contributed by atoms with van der Waals surface area (Å²) in [5.41, 5.74) is 15.7. The van der Waals surface area contributed by atoms with Crippen LogP contribution in [0, 0.1) is 35.5 Å². The molecule has 23 nitrogen and oxygen atoms in total. The van der Waals surface area contributed by atoms with E-state index in [4.69, 9.17) is 21.7 Å². The number of aliphatic hydroxyl groups is 2. The van der Waals surface area contributed by atoms with Crippen molar-refractivity contribution in [2.75, 3.05) is 23.4 Å². The van der Waals surface area contributed by atoms with Crippen LogP contribution in [0.5, 0.6) is 0 Å². The Morgan fingerprint density at radius 2 is 1.63 bits per heavy atom. The highest BCUT2D eigenvalue weighted by Crippen LogP contribution is 2.50. The van der Waals surface area contributed by atoms with Crippen LogP contribution in [0.1, 0.15) is 121 Å².